The minimum absolute atomic E-state index is 0.00255. The van der Waals surface area contributed by atoms with Crippen LogP contribution in [0.25, 0.3) is 23.3 Å². The Morgan fingerprint density at radius 2 is 1.59 bits per heavy atom. The number of hydrogen-bond donors (Lipinski definition) is 1. The van der Waals surface area contributed by atoms with E-state index in [9.17, 15) is 9.59 Å². The Labute approximate surface area is 170 Å². The SMILES string of the molecule is CC(=O)Nc1ccccc1-c1ccc2c(c1)CN(C(C)=O)c1ccccc1C=C2. The fourth-order valence-corrected chi connectivity index (χ4v) is 3.70. The summed E-state index contributed by atoms with van der Waals surface area (Å²) in [7, 11) is 0. The molecule has 29 heavy (non-hydrogen) atoms. The quantitative estimate of drug-likeness (QED) is 0.650. The van der Waals surface area contributed by atoms with Crippen LogP contribution in [0.5, 0.6) is 0 Å². The lowest BCUT2D eigenvalue weighted by Crippen LogP contribution is -2.29. The van der Waals surface area contributed by atoms with Crippen molar-refractivity contribution in [2.45, 2.75) is 20.4 Å². The molecule has 4 rings (SSSR count). The molecule has 2 amide bonds. The number of para-hydroxylation sites is 2. The number of fused-ring (bicyclic) bond motifs is 2. The lowest BCUT2D eigenvalue weighted by atomic mass is 9.95. The molecule has 0 fully saturated rings. The molecule has 0 saturated carbocycles. The highest BCUT2D eigenvalue weighted by Gasteiger charge is 2.19. The van der Waals surface area contributed by atoms with Crippen LogP contribution < -0.4 is 10.2 Å². The van der Waals surface area contributed by atoms with Crippen molar-refractivity contribution in [3.8, 4) is 11.1 Å². The second kappa shape index (κ2) is 7.76. The highest BCUT2D eigenvalue weighted by molar-refractivity contribution is 5.96. The third-order valence-corrected chi connectivity index (χ3v) is 5.07. The molecule has 0 radical (unpaired) electrons. The first-order valence-corrected chi connectivity index (χ1v) is 9.58. The summed E-state index contributed by atoms with van der Waals surface area (Å²) in [6.45, 7) is 3.59. The van der Waals surface area contributed by atoms with E-state index in [1.165, 1.54) is 6.92 Å². The van der Waals surface area contributed by atoms with Gasteiger partial charge in [-0.25, -0.2) is 0 Å². The molecule has 3 aromatic carbocycles. The van der Waals surface area contributed by atoms with Crippen LogP contribution >= 0.6 is 0 Å². The fourth-order valence-electron chi connectivity index (χ4n) is 3.70. The second-order valence-corrected chi connectivity index (χ2v) is 7.14. The van der Waals surface area contributed by atoms with E-state index in [1.807, 2.05) is 54.6 Å². The number of nitrogens with zero attached hydrogens (tertiary/aromatic N) is 1. The van der Waals surface area contributed by atoms with E-state index in [2.05, 4.69) is 29.6 Å². The largest absolute Gasteiger partial charge is 0.326 e. The Hall–Kier alpha value is -3.66. The van der Waals surface area contributed by atoms with Gasteiger partial charge in [0.15, 0.2) is 0 Å². The van der Waals surface area contributed by atoms with E-state index < -0.39 is 0 Å². The summed E-state index contributed by atoms with van der Waals surface area (Å²) in [6.07, 6.45) is 4.14. The van der Waals surface area contributed by atoms with Gasteiger partial charge in [0, 0.05) is 25.1 Å². The molecule has 1 aliphatic rings. The number of benzene rings is 3. The maximum absolute atomic E-state index is 12.4. The molecular weight excluding hydrogens is 360 g/mol. The van der Waals surface area contributed by atoms with Gasteiger partial charge >= 0.3 is 0 Å². The summed E-state index contributed by atoms with van der Waals surface area (Å²) in [5.74, 6) is -0.103. The van der Waals surface area contributed by atoms with E-state index in [4.69, 9.17) is 0 Å². The second-order valence-electron chi connectivity index (χ2n) is 7.14. The predicted octanol–water partition coefficient (Wildman–Crippen LogP) is 5.35. The topological polar surface area (TPSA) is 49.4 Å². The Morgan fingerprint density at radius 3 is 2.38 bits per heavy atom. The Bertz CT molecular complexity index is 1130. The first kappa shape index (κ1) is 18.7. The van der Waals surface area contributed by atoms with Gasteiger partial charge in [0.1, 0.15) is 0 Å². The Kier molecular flexibility index (Phi) is 5.00. The summed E-state index contributed by atoms with van der Waals surface area (Å²) >= 11 is 0. The molecule has 1 aliphatic heterocycles. The summed E-state index contributed by atoms with van der Waals surface area (Å²) in [5, 5.41) is 2.90. The van der Waals surface area contributed by atoms with Gasteiger partial charge < -0.3 is 10.2 Å². The number of hydrogen-bond acceptors (Lipinski definition) is 2. The lowest BCUT2D eigenvalue weighted by molar-refractivity contribution is -0.116. The zero-order chi connectivity index (χ0) is 20.4. The van der Waals surface area contributed by atoms with Gasteiger partial charge in [-0.1, -0.05) is 60.7 Å². The smallest absolute Gasteiger partial charge is 0.224 e. The third-order valence-electron chi connectivity index (χ3n) is 5.07. The summed E-state index contributed by atoms with van der Waals surface area (Å²) in [4.78, 5) is 25.8. The highest BCUT2D eigenvalue weighted by Crippen LogP contribution is 2.33. The summed E-state index contributed by atoms with van der Waals surface area (Å²) < 4.78 is 0. The first-order chi connectivity index (χ1) is 14.0. The molecule has 0 aromatic heterocycles. The van der Waals surface area contributed by atoms with Crippen LogP contribution in [0, 0.1) is 0 Å². The molecule has 3 aromatic rings. The minimum Gasteiger partial charge on any atom is -0.326 e. The van der Waals surface area contributed by atoms with E-state index in [-0.39, 0.29) is 11.8 Å². The number of amides is 2. The summed E-state index contributed by atoms with van der Waals surface area (Å²) in [6, 6.07) is 21.9. The zero-order valence-electron chi connectivity index (χ0n) is 16.5. The predicted molar refractivity (Wildman–Crippen MR) is 118 cm³/mol. The van der Waals surface area contributed by atoms with Gasteiger partial charge in [-0.15, -0.1) is 0 Å². The van der Waals surface area contributed by atoms with Crippen molar-refractivity contribution in [1.82, 2.24) is 0 Å². The van der Waals surface area contributed by atoms with Crippen molar-refractivity contribution in [2.75, 3.05) is 10.2 Å². The molecule has 1 heterocycles. The number of carbonyl (C=O) groups excluding carboxylic acids is 2. The Balaban J connectivity index is 1.82. The monoisotopic (exact) mass is 382 g/mol. The standard InChI is InChI=1S/C25H22N2O2/c1-17(28)26-24-9-5-4-8-23(24)21-14-12-19-11-13-20-7-3-6-10-25(20)27(18(2)29)16-22(19)15-21/h3-15H,16H2,1-2H3,(H,26,28). The first-order valence-electron chi connectivity index (χ1n) is 9.58. The molecule has 0 unspecified atom stereocenters. The average Bonchev–Trinajstić information content (AvgIpc) is 2.69. The lowest BCUT2D eigenvalue weighted by Gasteiger charge is -2.26. The van der Waals surface area contributed by atoms with Crippen LogP contribution in [0.3, 0.4) is 0 Å². The molecule has 144 valence electrons. The van der Waals surface area contributed by atoms with E-state index >= 15 is 0 Å². The van der Waals surface area contributed by atoms with E-state index in [0.717, 1.165) is 39.2 Å². The molecule has 1 N–H and O–H groups in total. The molecule has 0 saturated heterocycles. The molecule has 4 heteroatoms. The van der Waals surface area contributed by atoms with Crippen molar-refractivity contribution in [3.05, 3.63) is 83.4 Å². The van der Waals surface area contributed by atoms with Crippen molar-refractivity contribution in [2.24, 2.45) is 0 Å². The van der Waals surface area contributed by atoms with Crippen LogP contribution in [0.1, 0.15) is 30.5 Å². The van der Waals surface area contributed by atoms with Crippen molar-refractivity contribution in [1.29, 1.82) is 0 Å². The van der Waals surface area contributed by atoms with Gasteiger partial charge in [-0.3, -0.25) is 9.59 Å². The fraction of sp³-hybridized carbons (Fsp3) is 0.120. The highest BCUT2D eigenvalue weighted by atomic mass is 16.2. The number of rotatable bonds is 2. The normalized spacial score (nSPS) is 12.4. The molecule has 0 aliphatic carbocycles. The van der Waals surface area contributed by atoms with Crippen molar-refractivity contribution in [3.63, 3.8) is 0 Å². The zero-order valence-corrected chi connectivity index (χ0v) is 16.5. The van der Waals surface area contributed by atoms with Crippen LogP contribution in [0.4, 0.5) is 11.4 Å². The van der Waals surface area contributed by atoms with Crippen LogP contribution in [0.15, 0.2) is 66.7 Å². The summed E-state index contributed by atoms with van der Waals surface area (Å²) in [5.41, 5.74) is 6.78. The molecular formula is C25H22N2O2. The van der Waals surface area contributed by atoms with E-state index in [1.54, 1.807) is 11.8 Å². The van der Waals surface area contributed by atoms with Gasteiger partial charge in [-0.2, -0.15) is 0 Å². The van der Waals surface area contributed by atoms with Crippen molar-refractivity contribution < 1.29 is 9.59 Å². The molecule has 0 atom stereocenters. The number of carbonyl (C=O) groups is 2. The third kappa shape index (κ3) is 3.83. The van der Waals surface area contributed by atoms with Gasteiger partial charge in [-0.05, 0) is 40.5 Å². The van der Waals surface area contributed by atoms with Gasteiger partial charge in [0.2, 0.25) is 11.8 Å². The van der Waals surface area contributed by atoms with Gasteiger partial charge in [0.25, 0.3) is 0 Å². The van der Waals surface area contributed by atoms with Crippen LogP contribution in [0.2, 0.25) is 0 Å². The minimum atomic E-state index is -0.106. The molecule has 4 nitrogen and oxygen atoms in total. The van der Waals surface area contributed by atoms with Crippen LogP contribution in [-0.2, 0) is 16.1 Å². The average molecular weight is 382 g/mol. The maximum Gasteiger partial charge on any atom is 0.224 e. The number of anilines is 2. The van der Waals surface area contributed by atoms with Crippen LogP contribution in [-0.4, -0.2) is 11.8 Å². The van der Waals surface area contributed by atoms with E-state index in [0.29, 0.717) is 6.54 Å². The molecule has 0 spiro atoms. The number of nitrogens with one attached hydrogen (secondary N) is 1. The van der Waals surface area contributed by atoms with Crippen molar-refractivity contribution >= 4 is 35.3 Å². The Morgan fingerprint density at radius 1 is 0.862 bits per heavy atom. The van der Waals surface area contributed by atoms with Gasteiger partial charge in [0.05, 0.1) is 12.2 Å². The maximum atomic E-state index is 12.4. The molecule has 0 bridgehead atoms.